The van der Waals surface area contributed by atoms with Gasteiger partial charge in [-0.1, -0.05) is 12.1 Å². The second kappa shape index (κ2) is 8.72. The molecule has 9 heteroatoms. The molecule has 0 saturated heterocycles. The molecule has 2 rings (SSSR count). The second-order valence-electron chi connectivity index (χ2n) is 5.92. The maximum atomic E-state index is 12.7. The minimum Gasteiger partial charge on any atom is -0.478 e. The molecule has 8 nitrogen and oxygen atoms in total. The molecule has 0 saturated carbocycles. The molecule has 1 aromatic carbocycles. The normalized spacial score (nSPS) is 16.8. The predicted octanol–water partition coefficient (Wildman–Crippen LogP) is 2.82. The summed E-state index contributed by atoms with van der Waals surface area (Å²) in [7, 11) is 0. The first kappa shape index (κ1) is 20.5. The summed E-state index contributed by atoms with van der Waals surface area (Å²) in [6.45, 7) is 3.42. The number of carboxylic acid groups (broad SMARTS) is 1. The molecule has 0 amide bonds. The number of hydrogen-bond donors (Lipinski definition) is 2. The number of nitro benzene ring substituents is 1. The van der Waals surface area contributed by atoms with E-state index in [2.05, 4.69) is 5.32 Å². The Balaban J connectivity index is 2.57. The molecule has 0 aliphatic carbocycles. The molecule has 1 heterocycles. The summed E-state index contributed by atoms with van der Waals surface area (Å²) in [5.41, 5.74) is 1.10. The Morgan fingerprint density at radius 2 is 1.96 bits per heavy atom. The molecular formula is C18H20N2O6S. The average molecular weight is 392 g/mol. The van der Waals surface area contributed by atoms with Gasteiger partial charge in [-0.05, 0) is 25.7 Å². The van der Waals surface area contributed by atoms with Crippen LogP contribution in [0.3, 0.4) is 0 Å². The molecule has 1 unspecified atom stereocenters. The van der Waals surface area contributed by atoms with Crippen LogP contribution in [0.2, 0.25) is 0 Å². The summed E-state index contributed by atoms with van der Waals surface area (Å²) in [6.07, 6.45) is 1.88. The van der Waals surface area contributed by atoms with Crippen LogP contribution in [-0.4, -0.2) is 40.6 Å². The van der Waals surface area contributed by atoms with E-state index in [9.17, 15) is 24.8 Å². The monoisotopic (exact) mass is 392 g/mol. The van der Waals surface area contributed by atoms with Gasteiger partial charge in [0, 0.05) is 29.3 Å². The number of non-ortho nitro benzene ring substituents is 1. The van der Waals surface area contributed by atoms with E-state index in [1.54, 1.807) is 19.9 Å². The first-order valence-electron chi connectivity index (χ1n) is 8.10. The van der Waals surface area contributed by atoms with Crippen LogP contribution in [-0.2, 0) is 14.3 Å². The summed E-state index contributed by atoms with van der Waals surface area (Å²) < 4.78 is 5.28. The molecule has 0 spiro atoms. The van der Waals surface area contributed by atoms with Gasteiger partial charge >= 0.3 is 11.9 Å². The standard InChI is InChI=1S/C18H20N2O6S/c1-10-14(17(21)22)16(12-5-4-6-13(9-12)20(24)25)15(11(2)19-10)18(23)26-7-8-27-3/h4-6,9,16,19H,7-8H2,1-3H3,(H,21,22). The van der Waals surface area contributed by atoms with Crippen LogP contribution >= 0.6 is 11.8 Å². The second-order valence-corrected chi connectivity index (χ2v) is 6.91. The number of carbonyl (C=O) groups is 2. The highest BCUT2D eigenvalue weighted by Gasteiger charge is 2.37. The van der Waals surface area contributed by atoms with Crippen molar-refractivity contribution in [2.75, 3.05) is 18.6 Å². The van der Waals surface area contributed by atoms with E-state index in [0.717, 1.165) is 0 Å². The Kier molecular flexibility index (Phi) is 6.62. The Morgan fingerprint density at radius 1 is 1.30 bits per heavy atom. The first-order valence-corrected chi connectivity index (χ1v) is 9.49. The van der Waals surface area contributed by atoms with Gasteiger partial charge in [0.2, 0.25) is 0 Å². The van der Waals surface area contributed by atoms with Gasteiger partial charge in [0.1, 0.15) is 6.61 Å². The minimum atomic E-state index is -1.21. The number of carboxylic acids is 1. The minimum absolute atomic E-state index is 0.0436. The molecule has 144 valence electrons. The fraction of sp³-hybridized carbons (Fsp3) is 0.333. The molecule has 1 aromatic rings. The van der Waals surface area contributed by atoms with Crippen molar-refractivity contribution in [3.63, 3.8) is 0 Å². The number of ether oxygens (including phenoxy) is 1. The van der Waals surface area contributed by atoms with Gasteiger partial charge in [-0.15, -0.1) is 0 Å². The number of hydrogen-bond acceptors (Lipinski definition) is 7. The van der Waals surface area contributed by atoms with Gasteiger partial charge in [-0.25, -0.2) is 9.59 Å². The molecule has 1 aliphatic heterocycles. The molecule has 27 heavy (non-hydrogen) atoms. The van der Waals surface area contributed by atoms with Crippen molar-refractivity contribution >= 4 is 29.4 Å². The number of benzene rings is 1. The van der Waals surface area contributed by atoms with E-state index >= 15 is 0 Å². The van der Waals surface area contributed by atoms with Gasteiger partial charge in [0.25, 0.3) is 5.69 Å². The number of rotatable bonds is 7. The Bertz CT molecular complexity index is 846. The molecule has 0 bridgehead atoms. The number of esters is 1. The maximum absolute atomic E-state index is 12.7. The first-order chi connectivity index (χ1) is 12.8. The number of carbonyl (C=O) groups excluding carboxylic acids is 1. The van der Waals surface area contributed by atoms with Crippen LogP contribution in [0, 0.1) is 10.1 Å². The van der Waals surface area contributed by atoms with Crippen LogP contribution in [0.15, 0.2) is 46.8 Å². The summed E-state index contributed by atoms with van der Waals surface area (Å²) >= 11 is 1.51. The third-order valence-corrected chi connectivity index (χ3v) is 4.72. The number of dihydropyridines is 1. The largest absolute Gasteiger partial charge is 0.478 e. The SMILES string of the molecule is CSCCOC(=O)C1=C(C)NC(C)=C(C(=O)O)C1c1cccc([N+](=O)[O-])c1. The van der Waals surface area contributed by atoms with Crippen molar-refractivity contribution in [1.29, 1.82) is 0 Å². The number of allylic oxidation sites excluding steroid dienone is 2. The highest BCUT2D eigenvalue weighted by molar-refractivity contribution is 7.98. The van der Waals surface area contributed by atoms with Gasteiger partial charge < -0.3 is 15.2 Å². The number of nitrogens with zero attached hydrogens (tertiary/aromatic N) is 1. The lowest BCUT2D eigenvalue weighted by Crippen LogP contribution is -2.32. The van der Waals surface area contributed by atoms with Crippen molar-refractivity contribution in [2.24, 2.45) is 0 Å². The molecule has 0 radical (unpaired) electrons. The number of thioether (sulfide) groups is 1. The molecule has 0 fully saturated rings. The topological polar surface area (TPSA) is 119 Å². The van der Waals surface area contributed by atoms with E-state index in [-0.39, 0.29) is 23.4 Å². The lowest BCUT2D eigenvalue weighted by molar-refractivity contribution is -0.384. The Hall–Kier alpha value is -2.81. The fourth-order valence-electron chi connectivity index (χ4n) is 2.99. The zero-order chi connectivity index (χ0) is 20.1. The van der Waals surface area contributed by atoms with Crippen molar-refractivity contribution in [3.05, 3.63) is 62.5 Å². The Morgan fingerprint density at radius 3 is 2.56 bits per heavy atom. The van der Waals surface area contributed by atoms with E-state index in [0.29, 0.717) is 22.7 Å². The van der Waals surface area contributed by atoms with Crippen molar-refractivity contribution in [1.82, 2.24) is 5.32 Å². The number of aliphatic carboxylic acids is 1. The third-order valence-electron chi connectivity index (χ3n) is 4.15. The molecular weight excluding hydrogens is 372 g/mol. The van der Waals surface area contributed by atoms with Crippen LogP contribution in [0.5, 0.6) is 0 Å². The lowest BCUT2D eigenvalue weighted by Gasteiger charge is -2.29. The van der Waals surface area contributed by atoms with Crippen molar-refractivity contribution in [3.8, 4) is 0 Å². The summed E-state index contributed by atoms with van der Waals surface area (Å²) in [4.78, 5) is 35.1. The third kappa shape index (κ3) is 4.48. The van der Waals surface area contributed by atoms with Crippen LogP contribution < -0.4 is 5.32 Å². The fourth-order valence-corrected chi connectivity index (χ4v) is 3.24. The highest BCUT2D eigenvalue weighted by atomic mass is 32.2. The van der Waals surface area contributed by atoms with E-state index < -0.39 is 22.8 Å². The van der Waals surface area contributed by atoms with Crippen molar-refractivity contribution < 1.29 is 24.4 Å². The molecule has 1 aliphatic rings. The summed E-state index contributed by atoms with van der Waals surface area (Å²) in [5, 5.41) is 23.7. The predicted molar refractivity (Wildman–Crippen MR) is 101 cm³/mol. The lowest BCUT2D eigenvalue weighted by atomic mass is 9.80. The van der Waals surface area contributed by atoms with Crippen LogP contribution in [0.25, 0.3) is 0 Å². The average Bonchev–Trinajstić information content (AvgIpc) is 2.60. The molecule has 2 N–H and O–H groups in total. The molecule has 1 atom stereocenters. The van der Waals surface area contributed by atoms with Gasteiger partial charge in [-0.3, -0.25) is 10.1 Å². The van der Waals surface area contributed by atoms with E-state index in [1.807, 2.05) is 6.26 Å². The van der Waals surface area contributed by atoms with Crippen LogP contribution in [0.4, 0.5) is 5.69 Å². The highest BCUT2D eigenvalue weighted by Crippen LogP contribution is 2.39. The van der Waals surface area contributed by atoms with Crippen LogP contribution in [0.1, 0.15) is 25.3 Å². The van der Waals surface area contributed by atoms with Gasteiger partial charge in [0.15, 0.2) is 0 Å². The van der Waals surface area contributed by atoms with Gasteiger partial charge in [-0.2, -0.15) is 11.8 Å². The number of nitro groups is 1. The number of nitrogens with one attached hydrogen (secondary N) is 1. The quantitative estimate of drug-likeness (QED) is 0.315. The van der Waals surface area contributed by atoms with E-state index in [4.69, 9.17) is 4.74 Å². The Labute approximate surface area is 160 Å². The summed E-state index contributed by atoms with van der Waals surface area (Å²) in [6, 6.07) is 5.64. The zero-order valence-corrected chi connectivity index (χ0v) is 16.0. The summed E-state index contributed by atoms with van der Waals surface area (Å²) in [5.74, 6) is -2.21. The van der Waals surface area contributed by atoms with E-state index in [1.165, 1.54) is 30.0 Å². The van der Waals surface area contributed by atoms with Crippen molar-refractivity contribution in [2.45, 2.75) is 19.8 Å². The molecule has 0 aromatic heterocycles. The smallest absolute Gasteiger partial charge is 0.336 e. The maximum Gasteiger partial charge on any atom is 0.336 e. The zero-order valence-electron chi connectivity index (χ0n) is 15.1. The van der Waals surface area contributed by atoms with Gasteiger partial charge in [0.05, 0.1) is 22.0 Å².